The largest absolute Gasteiger partial charge is 0.459 e. The number of cyclic esters (lactones) is 1. The smallest absolute Gasteiger partial charge is 0.330 e. The zero-order valence-electron chi connectivity index (χ0n) is 10.4. The highest BCUT2D eigenvalue weighted by atomic mass is 16.5. The van der Waals surface area contributed by atoms with E-state index >= 15 is 0 Å². The van der Waals surface area contributed by atoms with Crippen LogP contribution in [-0.2, 0) is 9.53 Å². The van der Waals surface area contributed by atoms with Gasteiger partial charge in [0.05, 0.1) is 0 Å². The summed E-state index contributed by atoms with van der Waals surface area (Å²) in [5, 5.41) is 0. The van der Waals surface area contributed by atoms with Crippen molar-refractivity contribution in [1.29, 1.82) is 0 Å². The summed E-state index contributed by atoms with van der Waals surface area (Å²) in [6.07, 6.45) is 14.7. The summed E-state index contributed by atoms with van der Waals surface area (Å²) in [6.45, 7) is 2.24. The van der Waals surface area contributed by atoms with E-state index in [1.54, 1.807) is 0 Å². The van der Waals surface area contributed by atoms with Crippen molar-refractivity contribution in [3.8, 4) is 0 Å². The Morgan fingerprint density at radius 3 is 2.56 bits per heavy atom. The van der Waals surface area contributed by atoms with Crippen molar-refractivity contribution >= 4 is 5.97 Å². The van der Waals surface area contributed by atoms with Gasteiger partial charge in [0.15, 0.2) is 0 Å². The molecule has 0 aromatic carbocycles. The molecular formula is C14H24O2. The Bertz CT molecular complexity index is 221. The molecule has 92 valence electrons. The normalized spacial score (nSPS) is 19.8. The van der Waals surface area contributed by atoms with Crippen LogP contribution in [0.1, 0.15) is 64.7 Å². The molecule has 1 rings (SSSR count). The summed E-state index contributed by atoms with van der Waals surface area (Å²) in [4.78, 5) is 11.0. The average molecular weight is 224 g/mol. The highest BCUT2D eigenvalue weighted by molar-refractivity contribution is 5.82. The van der Waals surface area contributed by atoms with Gasteiger partial charge in [-0.2, -0.15) is 0 Å². The predicted molar refractivity (Wildman–Crippen MR) is 66.2 cm³/mol. The third-order valence-corrected chi connectivity index (χ3v) is 3.07. The molecule has 2 heteroatoms. The van der Waals surface area contributed by atoms with Crippen LogP contribution in [0.25, 0.3) is 0 Å². The molecule has 1 heterocycles. The minimum atomic E-state index is -0.167. The van der Waals surface area contributed by atoms with Gasteiger partial charge in [-0.3, -0.25) is 0 Å². The van der Waals surface area contributed by atoms with Crippen molar-refractivity contribution in [3.63, 3.8) is 0 Å². The number of hydrogen-bond donors (Lipinski definition) is 0. The molecule has 0 aromatic rings. The lowest BCUT2D eigenvalue weighted by Crippen LogP contribution is -2.19. The second-order valence-electron chi connectivity index (χ2n) is 4.61. The van der Waals surface area contributed by atoms with E-state index < -0.39 is 0 Å². The van der Waals surface area contributed by atoms with Gasteiger partial charge >= 0.3 is 5.97 Å². The second kappa shape index (κ2) is 8.37. The molecule has 0 saturated heterocycles. The quantitative estimate of drug-likeness (QED) is 0.460. The summed E-state index contributed by atoms with van der Waals surface area (Å²) in [5.74, 6) is -0.167. The van der Waals surface area contributed by atoms with E-state index in [-0.39, 0.29) is 12.1 Å². The summed E-state index contributed by atoms with van der Waals surface area (Å²) < 4.78 is 5.21. The molecule has 16 heavy (non-hydrogen) atoms. The fraction of sp³-hybridized carbons (Fsp3) is 0.786. The van der Waals surface area contributed by atoms with Crippen molar-refractivity contribution < 1.29 is 9.53 Å². The lowest BCUT2D eigenvalue weighted by atomic mass is 10.0. The molecular weight excluding hydrogens is 200 g/mol. The Kier molecular flexibility index (Phi) is 6.95. The van der Waals surface area contributed by atoms with Crippen molar-refractivity contribution in [2.45, 2.75) is 70.8 Å². The molecule has 0 amide bonds. The Morgan fingerprint density at radius 2 is 1.88 bits per heavy atom. The van der Waals surface area contributed by atoms with Gasteiger partial charge in [0.25, 0.3) is 0 Å². The molecule has 1 aliphatic heterocycles. The van der Waals surface area contributed by atoms with Gasteiger partial charge in [-0.1, -0.05) is 51.5 Å². The maximum Gasteiger partial charge on any atom is 0.330 e. The maximum absolute atomic E-state index is 11.0. The van der Waals surface area contributed by atoms with E-state index in [4.69, 9.17) is 4.74 Å². The third-order valence-electron chi connectivity index (χ3n) is 3.07. The van der Waals surface area contributed by atoms with Crippen molar-refractivity contribution in [3.05, 3.63) is 12.2 Å². The molecule has 0 fully saturated rings. The van der Waals surface area contributed by atoms with Crippen LogP contribution in [0.15, 0.2) is 12.2 Å². The fourth-order valence-electron chi connectivity index (χ4n) is 2.07. The molecule has 2 nitrogen and oxygen atoms in total. The zero-order valence-corrected chi connectivity index (χ0v) is 10.4. The van der Waals surface area contributed by atoms with Crippen LogP contribution in [0.2, 0.25) is 0 Å². The first-order chi connectivity index (χ1) is 7.83. The first kappa shape index (κ1) is 13.3. The van der Waals surface area contributed by atoms with Gasteiger partial charge in [-0.05, 0) is 12.8 Å². The summed E-state index contributed by atoms with van der Waals surface area (Å²) in [5.41, 5.74) is 0. The van der Waals surface area contributed by atoms with Gasteiger partial charge in [0.2, 0.25) is 0 Å². The molecule has 0 spiro atoms. The Labute approximate surface area is 99.1 Å². The van der Waals surface area contributed by atoms with Crippen LogP contribution in [-0.4, -0.2) is 12.1 Å². The van der Waals surface area contributed by atoms with Crippen molar-refractivity contribution in [2.75, 3.05) is 0 Å². The van der Waals surface area contributed by atoms with E-state index in [9.17, 15) is 4.79 Å². The Hall–Kier alpha value is -0.790. The SMILES string of the molecule is CCCCCCCCC[C@@H]1CC=CC(=O)O1. The minimum absolute atomic E-state index is 0.146. The van der Waals surface area contributed by atoms with E-state index in [2.05, 4.69) is 6.92 Å². The minimum Gasteiger partial charge on any atom is -0.459 e. The predicted octanol–water partition coefficient (Wildman–Crippen LogP) is 4.00. The number of rotatable bonds is 8. The fourth-order valence-corrected chi connectivity index (χ4v) is 2.07. The summed E-state index contributed by atoms with van der Waals surface area (Å²) >= 11 is 0. The number of hydrogen-bond acceptors (Lipinski definition) is 2. The van der Waals surface area contributed by atoms with Crippen LogP contribution in [0.3, 0.4) is 0 Å². The van der Waals surface area contributed by atoms with Gasteiger partial charge in [0.1, 0.15) is 6.10 Å². The lowest BCUT2D eigenvalue weighted by molar-refractivity contribution is -0.144. The zero-order chi connectivity index (χ0) is 11.6. The van der Waals surface area contributed by atoms with Crippen molar-refractivity contribution in [1.82, 2.24) is 0 Å². The number of carbonyl (C=O) groups is 1. The monoisotopic (exact) mass is 224 g/mol. The number of esters is 1. The van der Waals surface area contributed by atoms with Crippen LogP contribution in [0.4, 0.5) is 0 Å². The number of unbranched alkanes of at least 4 members (excludes halogenated alkanes) is 6. The summed E-state index contributed by atoms with van der Waals surface area (Å²) in [7, 11) is 0. The molecule has 0 radical (unpaired) electrons. The Balaban J connectivity index is 1.91. The first-order valence-electron chi connectivity index (χ1n) is 6.70. The molecule has 1 atom stereocenters. The topological polar surface area (TPSA) is 26.3 Å². The van der Waals surface area contributed by atoms with Crippen LogP contribution >= 0.6 is 0 Å². The van der Waals surface area contributed by atoms with E-state index in [1.807, 2.05) is 6.08 Å². The molecule has 0 aliphatic carbocycles. The van der Waals surface area contributed by atoms with Gasteiger partial charge in [0, 0.05) is 12.5 Å². The highest BCUT2D eigenvalue weighted by Gasteiger charge is 2.14. The molecule has 0 aromatic heterocycles. The summed E-state index contributed by atoms with van der Waals surface area (Å²) in [6, 6.07) is 0. The van der Waals surface area contributed by atoms with Crippen LogP contribution < -0.4 is 0 Å². The van der Waals surface area contributed by atoms with E-state index in [0.29, 0.717) is 0 Å². The first-order valence-corrected chi connectivity index (χ1v) is 6.70. The number of ether oxygens (including phenoxy) is 1. The van der Waals surface area contributed by atoms with E-state index in [1.165, 1.54) is 51.0 Å². The molecule has 1 aliphatic rings. The standard InChI is InChI=1S/C14H24O2/c1-2-3-4-5-6-7-8-10-13-11-9-12-14(15)16-13/h9,12-13H,2-8,10-11H2,1H3/t13-/m1/s1. The van der Waals surface area contributed by atoms with Crippen LogP contribution in [0, 0.1) is 0 Å². The van der Waals surface area contributed by atoms with Gasteiger partial charge in [-0.25, -0.2) is 4.79 Å². The average Bonchev–Trinajstić information content (AvgIpc) is 2.28. The van der Waals surface area contributed by atoms with Crippen molar-refractivity contribution in [2.24, 2.45) is 0 Å². The van der Waals surface area contributed by atoms with Crippen LogP contribution in [0.5, 0.6) is 0 Å². The van der Waals surface area contributed by atoms with Gasteiger partial charge in [-0.15, -0.1) is 0 Å². The molecule has 0 N–H and O–H groups in total. The lowest BCUT2D eigenvalue weighted by Gasteiger charge is -2.18. The van der Waals surface area contributed by atoms with E-state index in [0.717, 1.165) is 12.8 Å². The van der Waals surface area contributed by atoms with Gasteiger partial charge < -0.3 is 4.74 Å². The molecule has 0 saturated carbocycles. The maximum atomic E-state index is 11.0. The second-order valence-corrected chi connectivity index (χ2v) is 4.61. The third kappa shape index (κ3) is 5.94. The molecule has 0 unspecified atom stereocenters. The highest BCUT2D eigenvalue weighted by Crippen LogP contribution is 2.16. The molecule has 0 bridgehead atoms. The Morgan fingerprint density at radius 1 is 1.19 bits per heavy atom. The number of carbonyl (C=O) groups excluding carboxylic acids is 1.